The van der Waals surface area contributed by atoms with Gasteiger partial charge in [-0.3, -0.25) is 9.59 Å². The van der Waals surface area contributed by atoms with Crippen LogP contribution in [-0.2, 0) is 17.8 Å². The van der Waals surface area contributed by atoms with Crippen molar-refractivity contribution in [2.75, 3.05) is 27.4 Å². The molecular weight excluding hydrogens is 456 g/mol. The summed E-state index contributed by atoms with van der Waals surface area (Å²) in [6.07, 6.45) is 0.677. The van der Waals surface area contributed by atoms with Crippen LogP contribution in [0.2, 0.25) is 0 Å². The molecule has 0 saturated carbocycles. The van der Waals surface area contributed by atoms with E-state index in [9.17, 15) is 9.59 Å². The highest BCUT2D eigenvalue weighted by molar-refractivity contribution is 6.01. The van der Waals surface area contributed by atoms with Crippen molar-refractivity contribution in [2.24, 2.45) is 0 Å². The minimum Gasteiger partial charge on any atom is -0.494 e. The van der Waals surface area contributed by atoms with Crippen LogP contribution in [0.25, 0.3) is 0 Å². The summed E-state index contributed by atoms with van der Waals surface area (Å²) in [6.45, 7) is 3.33. The standard InChI is InChI=1S/C29H30N2O5/c1-4-36-23-12-8-5-9-19(23)17-30-28(32)26-20-10-6-7-11-21(20)29(33)31-14-13-18-15-24(34-2)25(35-3)16-22(18)27(26)31/h5-12,15-16,26-27H,4,13-14,17H2,1-3H3,(H,30,32)/t26-,27-/m1/s1. The summed E-state index contributed by atoms with van der Waals surface area (Å²) in [5, 5.41) is 3.13. The van der Waals surface area contributed by atoms with E-state index in [1.54, 1.807) is 14.2 Å². The molecule has 0 fully saturated rings. The number of methoxy groups -OCH3 is 2. The third-order valence-corrected chi connectivity index (χ3v) is 7.03. The first-order valence-corrected chi connectivity index (χ1v) is 12.2. The number of hydrogen-bond donors (Lipinski definition) is 1. The van der Waals surface area contributed by atoms with Gasteiger partial charge >= 0.3 is 0 Å². The van der Waals surface area contributed by atoms with Crippen LogP contribution in [0.5, 0.6) is 17.2 Å². The lowest BCUT2D eigenvalue weighted by molar-refractivity contribution is -0.124. The van der Waals surface area contributed by atoms with Gasteiger partial charge < -0.3 is 24.4 Å². The number of benzene rings is 3. The SMILES string of the molecule is CCOc1ccccc1CNC(=O)[C@@H]1c2ccccc2C(=O)N2CCc3cc(OC)c(OC)cc3[C@H]12. The van der Waals surface area contributed by atoms with Gasteiger partial charge in [0.1, 0.15) is 5.75 Å². The Morgan fingerprint density at radius 1 is 0.972 bits per heavy atom. The summed E-state index contributed by atoms with van der Waals surface area (Å²) in [4.78, 5) is 29.3. The molecular formula is C29H30N2O5. The summed E-state index contributed by atoms with van der Waals surface area (Å²) in [7, 11) is 3.20. The predicted molar refractivity (Wildman–Crippen MR) is 136 cm³/mol. The fourth-order valence-corrected chi connectivity index (χ4v) is 5.37. The first-order valence-electron chi connectivity index (χ1n) is 12.2. The minimum absolute atomic E-state index is 0.0539. The molecule has 2 amide bonds. The number of carbonyl (C=O) groups is 2. The molecule has 7 heteroatoms. The summed E-state index contributed by atoms with van der Waals surface area (Å²) in [5.74, 6) is 1.20. The molecule has 0 radical (unpaired) electrons. The summed E-state index contributed by atoms with van der Waals surface area (Å²) in [5.41, 5.74) is 4.19. The molecule has 3 aromatic carbocycles. The van der Waals surface area contributed by atoms with Gasteiger partial charge in [0.05, 0.1) is 32.8 Å². The van der Waals surface area contributed by atoms with Gasteiger partial charge in [-0.1, -0.05) is 36.4 Å². The van der Waals surface area contributed by atoms with Crippen LogP contribution < -0.4 is 19.5 Å². The van der Waals surface area contributed by atoms with Crippen molar-refractivity contribution in [3.05, 3.63) is 88.5 Å². The third-order valence-electron chi connectivity index (χ3n) is 7.03. The van der Waals surface area contributed by atoms with Crippen molar-refractivity contribution in [2.45, 2.75) is 31.8 Å². The maximum atomic E-state index is 13.9. The molecule has 0 aromatic heterocycles. The van der Waals surface area contributed by atoms with Crippen molar-refractivity contribution in [1.82, 2.24) is 10.2 Å². The molecule has 2 aliphatic heterocycles. The lowest BCUT2D eigenvalue weighted by Gasteiger charge is -2.45. The number of fused-ring (bicyclic) bond motifs is 4. The van der Waals surface area contributed by atoms with E-state index in [1.165, 1.54) is 0 Å². The Hall–Kier alpha value is -4.00. The molecule has 186 valence electrons. The van der Waals surface area contributed by atoms with Gasteiger partial charge in [-0.25, -0.2) is 0 Å². The maximum Gasteiger partial charge on any atom is 0.254 e. The fraction of sp³-hybridized carbons (Fsp3) is 0.310. The number of carbonyl (C=O) groups excluding carboxylic acids is 2. The van der Waals surface area contributed by atoms with Gasteiger partial charge in [-0.15, -0.1) is 0 Å². The summed E-state index contributed by atoms with van der Waals surface area (Å²) < 4.78 is 16.8. The van der Waals surface area contributed by atoms with E-state index in [0.29, 0.717) is 43.2 Å². The maximum absolute atomic E-state index is 13.9. The molecule has 36 heavy (non-hydrogen) atoms. The van der Waals surface area contributed by atoms with Crippen molar-refractivity contribution in [3.8, 4) is 17.2 Å². The Balaban J connectivity index is 1.56. The normalized spacial score (nSPS) is 18.0. The zero-order valence-electron chi connectivity index (χ0n) is 20.7. The van der Waals surface area contributed by atoms with E-state index in [0.717, 1.165) is 28.0 Å². The van der Waals surface area contributed by atoms with Crippen LogP contribution in [0.4, 0.5) is 0 Å². The van der Waals surface area contributed by atoms with Crippen molar-refractivity contribution < 1.29 is 23.8 Å². The second-order valence-corrected chi connectivity index (χ2v) is 8.92. The average molecular weight is 487 g/mol. The van der Waals surface area contributed by atoms with Crippen molar-refractivity contribution >= 4 is 11.8 Å². The molecule has 0 bridgehead atoms. The minimum atomic E-state index is -0.574. The molecule has 0 aliphatic carbocycles. The van der Waals surface area contributed by atoms with Crippen LogP contribution in [0.3, 0.4) is 0 Å². The molecule has 2 atom stereocenters. The van der Waals surface area contributed by atoms with Gasteiger partial charge in [0, 0.05) is 24.2 Å². The van der Waals surface area contributed by atoms with Gasteiger partial charge in [0.25, 0.3) is 5.91 Å². The van der Waals surface area contributed by atoms with Crippen LogP contribution in [-0.4, -0.2) is 44.1 Å². The van der Waals surface area contributed by atoms with E-state index in [1.807, 2.05) is 72.5 Å². The summed E-state index contributed by atoms with van der Waals surface area (Å²) >= 11 is 0. The second kappa shape index (κ2) is 9.93. The lowest BCUT2D eigenvalue weighted by Crippen LogP contribution is -2.50. The van der Waals surface area contributed by atoms with E-state index >= 15 is 0 Å². The fourth-order valence-electron chi connectivity index (χ4n) is 5.37. The largest absolute Gasteiger partial charge is 0.494 e. The predicted octanol–water partition coefficient (Wildman–Crippen LogP) is 4.26. The van der Waals surface area contributed by atoms with E-state index in [4.69, 9.17) is 14.2 Å². The molecule has 2 aliphatic rings. The zero-order valence-corrected chi connectivity index (χ0v) is 20.7. The van der Waals surface area contributed by atoms with Crippen molar-refractivity contribution in [3.63, 3.8) is 0 Å². The highest BCUT2D eigenvalue weighted by atomic mass is 16.5. The van der Waals surface area contributed by atoms with Gasteiger partial charge in [0.15, 0.2) is 11.5 Å². The number of para-hydroxylation sites is 1. The molecule has 3 aromatic rings. The Bertz CT molecular complexity index is 1300. The first kappa shape index (κ1) is 23.7. The van der Waals surface area contributed by atoms with E-state index in [-0.39, 0.29) is 11.8 Å². The number of amides is 2. The van der Waals surface area contributed by atoms with E-state index < -0.39 is 12.0 Å². The zero-order chi connectivity index (χ0) is 25.2. The Morgan fingerprint density at radius 2 is 1.69 bits per heavy atom. The number of rotatable bonds is 7. The number of nitrogens with one attached hydrogen (secondary N) is 1. The quantitative estimate of drug-likeness (QED) is 0.540. The Kier molecular flexibility index (Phi) is 6.55. The average Bonchev–Trinajstić information content (AvgIpc) is 2.92. The second-order valence-electron chi connectivity index (χ2n) is 8.92. The number of nitrogens with zero attached hydrogens (tertiary/aromatic N) is 1. The molecule has 0 saturated heterocycles. The van der Waals surface area contributed by atoms with Crippen LogP contribution >= 0.6 is 0 Å². The van der Waals surface area contributed by atoms with Crippen molar-refractivity contribution in [1.29, 1.82) is 0 Å². The topological polar surface area (TPSA) is 77.1 Å². The molecule has 2 heterocycles. The smallest absolute Gasteiger partial charge is 0.254 e. The highest BCUT2D eigenvalue weighted by Gasteiger charge is 2.46. The monoisotopic (exact) mass is 486 g/mol. The molecule has 1 N–H and O–H groups in total. The van der Waals surface area contributed by atoms with Crippen LogP contribution in [0.15, 0.2) is 60.7 Å². The van der Waals surface area contributed by atoms with Crippen LogP contribution in [0, 0.1) is 0 Å². The first-order chi connectivity index (χ1) is 17.6. The summed E-state index contributed by atoms with van der Waals surface area (Å²) in [6, 6.07) is 18.5. The lowest BCUT2D eigenvalue weighted by atomic mass is 9.75. The van der Waals surface area contributed by atoms with Gasteiger partial charge in [-0.05, 0) is 54.3 Å². The van der Waals surface area contributed by atoms with Gasteiger partial charge in [0.2, 0.25) is 5.91 Å². The number of ether oxygens (including phenoxy) is 3. The third kappa shape index (κ3) is 4.04. The highest BCUT2D eigenvalue weighted by Crippen LogP contribution is 2.48. The molecule has 7 nitrogen and oxygen atoms in total. The Labute approximate surface area is 211 Å². The Morgan fingerprint density at radius 3 is 2.47 bits per heavy atom. The van der Waals surface area contributed by atoms with Crippen LogP contribution in [0.1, 0.15) is 51.5 Å². The molecule has 0 spiro atoms. The number of hydrogen-bond acceptors (Lipinski definition) is 5. The van der Waals surface area contributed by atoms with Gasteiger partial charge in [-0.2, -0.15) is 0 Å². The molecule has 5 rings (SSSR count). The van der Waals surface area contributed by atoms with E-state index in [2.05, 4.69) is 5.32 Å². The molecule has 0 unspecified atom stereocenters.